The van der Waals surface area contributed by atoms with Crippen molar-refractivity contribution in [3.05, 3.63) is 51.5 Å². The van der Waals surface area contributed by atoms with Crippen LogP contribution in [0.1, 0.15) is 21.8 Å². The van der Waals surface area contributed by atoms with E-state index in [0.717, 1.165) is 22.8 Å². The molecule has 0 bridgehead atoms. The van der Waals surface area contributed by atoms with Gasteiger partial charge >= 0.3 is 6.18 Å². The van der Waals surface area contributed by atoms with Crippen molar-refractivity contribution in [3.8, 4) is 0 Å². The van der Waals surface area contributed by atoms with E-state index in [1.165, 1.54) is 6.07 Å². The molecule has 0 fully saturated rings. The van der Waals surface area contributed by atoms with Gasteiger partial charge in [0.2, 0.25) is 0 Å². The number of benzene rings is 1. The second-order valence-electron chi connectivity index (χ2n) is 4.83. The number of nitrogens with zero attached hydrogens (tertiary/aromatic N) is 1. The number of hydrogen-bond acceptors (Lipinski definition) is 4. The zero-order chi connectivity index (χ0) is 15.5. The van der Waals surface area contributed by atoms with Crippen molar-refractivity contribution in [2.45, 2.75) is 32.0 Å². The summed E-state index contributed by atoms with van der Waals surface area (Å²) in [6.07, 6.45) is -3.33. The summed E-state index contributed by atoms with van der Waals surface area (Å²) in [6, 6.07) is 5.16. The van der Waals surface area contributed by atoms with E-state index in [4.69, 9.17) is 5.84 Å². The number of hydrazine groups is 1. The number of aromatic nitrogens is 1. The Morgan fingerprint density at radius 3 is 2.67 bits per heavy atom. The van der Waals surface area contributed by atoms with Gasteiger partial charge in [-0.15, -0.1) is 11.3 Å². The number of rotatable bonds is 5. The zero-order valence-electron chi connectivity index (χ0n) is 11.4. The molecule has 0 radical (unpaired) electrons. The molecule has 7 heteroatoms. The van der Waals surface area contributed by atoms with Crippen molar-refractivity contribution in [2.75, 3.05) is 0 Å². The fourth-order valence-corrected chi connectivity index (χ4v) is 2.73. The molecule has 3 N–H and O–H groups in total. The molecule has 0 saturated carbocycles. The van der Waals surface area contributed by atoms with Gasteiger partial charge in [0.05, 0.1) is 16.3 Å². The highest BCUT2D eigenvalue weighted by molar-refractivity contribution is 7.09. The SMILES string of the molecule is Cc1nc(CC(Cc2cccc(C(F)(F)F)c2)NN)cs1. The molecule has 3 nitrogen and oxygen atoms in total. The van der Waals surface area contributed by atoms with Crippen LogP contribution < -0.4 is 11.3 Å². The molecule has 1 unspecified atom stereocenters. The summed E-state index contributed by atoms with van der Waals surface area (Å²) >= 11 is 1.54. The molecular weight excluding hydrogens is 299 g/mol. The number of thiazole rings is 1. The van der Waals surface area contributed by atoms with Gasteiger partial charge in [-0.1, -0.05) is 18.2 Å². The highest BCUT2D eigenvalue weighted by Gasteiger charge is 2.30. The van der Waals surface area contributed by atoms with Crippen LogP contribution in [0.4, 0.5) is 13.2 Å². The van der Waals surface area contributed by atoms with Crippen LogP contribution in [0.5, 0.6) is 0 Å². The normalized spacial score (nSPS) is 13.4. The van der Waals surface area contributed by atoms with Gasteiger partial charge in [0.15, 0.2) is 0 Å². The van der Waals surface area contributed by atoms with Gasteiger partial charge in [-0.2, -0.15) is 13.2 Å². The summed E-state index contributed by atoms with van der Waals surface area (Å²) in [7, 11) is 0. The molecule has 1 aromatic heterocycles. The van der Waals surface area contributed by atoms with Gasteiger partial charge in [0, 0.05) is 17.8 Å². The van der Waals surface area contributed by atoms with Gasteiger partial charge in [0.1, 0.15) is 0 Å². The van der Waals surface area contributed by atoms with Gasteiger partial charge in [-0.25, -0.2) is 4.98 Å². The molecular formula is C14H16F3N3S. The monoisotopic (exact) mass is 315 g/mol. The summed E-state index contributed by atoms with van der Waals surface area (Å²) in [5, 5.41) is 2.89. The molecule has 2 rings (SSSR count). The van der Waals surface area contributed by atoms with E-state index in [1.54, 1.807) is 17.4 Å². The zero-order valence-corrected chi connectivity index (χ0v) is 12.3. The third kappa shape index (κ3) is 4.52. The van der Waals surface area contributed by atoms with Crippen LogP contribution in [0.25, 0.3) is 0 Å². The Balaban J connectivity index is 2.08. The number of nitrogens with two attached hydrogens (primary N) is 1. The van der Waals surface area contributed by atoms with E-state index in [0.29, 0.717) is 18.4 Å². The Hall–Kier alpha value is -1.44. The van der Waals surface area contributed by atoms with Crippen molar-refractivity contribution in [1.82, 2.24) is 10.4 Å². The van der Waals surface area contributed by atoms with Crippen LogP contribution in [-0.4, -0.2) is 11.0 Å². The molecule has 0 spiro atoms. The van der Waals surface area contributed by atoms with Crippen LogP contribution in [0.2, 0.25) is 0 Å². The average Bonchev–Trinajstić information content (AvgIpc) is 2.83. The van der Waals surface area contributed by atoms with Gasteiger partial charge in [0.25, 0.3) is 0 Å². The van der Waals surface area contributed by atoms with E-state index in [9.17, 15) is 13.2 Å². The molecule has 114 valence electrons. The minimum atomic E-state index is -4.33. The first-order valence-electron chi connectivity index (χ1n) is 6.41. The lowest BCUT2D eigenvalue weighted by atomic mass is 10.0. The van der Waals surface area contributed by atoms with Crippen molar-refractivity contribution >= 4 is 11.3 Å². The number of aryl methyl sites for hydroxylation is 1. The van der Waals surface area contributed by atoms with Crippen LogP contribution in [0, 0.1) is 6.92 Å². The highest BCUT2D eigenvalue weighted by Crippen LogP contribution is 2.29. The van der Waals surface area contributed by atoms with Gasteiger partial charge in [-0.3, -0.25) is 11.3 Å². The molecule has 1 heterocycles. The number of alkyl halides is 3. The Kier molecular flexibility index (Phi) is 4.97. The minimum Gasteiger partial charge on any atom is -0.271 e. The topological polar surface area (TPSA) is 50.9 Å². The Labute approximate surface area is 125 Å². The maximum absolute atomic E-state index is 12.7. The number of hydrogen-bond donors (Lipinski definition) is 2. The molecule has 0 aliphatic heterocycles. The van der Waals surface area contributed by atoms with Crippen molar-refractivity contribution in [1.29, 1.82) is 0 Å². The van der Waals surface area contributed by atoms with Crippen molar-refractivity contribution in [3.63, 3.8) is 0 Å². The lowest BCUT2D eigenvalue weighted by molar-refractivity contribution is -0.137. The third-order valence-corrected chi connectivity index (χ3v) is 3.92. The third-order valence-electron chi connectivity index (χ3n) is 3.09. The molecule has 0 aliphatic rings. The maximum Gasteiger partial charge on any atom is 0.416 e. The summed E-state index contributed by atoms with van der Waals surface area (Å²) in [5.74, 6) is 5.50. The van der Waals surface area contributed by atoms with Gasteiger partial charge < -0.3 is 0 Å². The predicted molar refractivity (Wildman–Crippen MR) is 76.8 cm³/mol. The van der Waals surface area contributed by atoms with Crippen LogP contribution in [-0.2, 0) is 19.0 Å². The minimum absolute atomic E-state index is 0.157. The molecule has 21 heavy (non-hydrogen) atoms. The number of halogens is 3. The lowest BCUT2D eigenvalue weighted by Gasteiger charge is -2.16. The van der Waals surface area contributed by atoms with Gasteiger partial charge in [-0.05, 0) is 25.0 Å². The summed E-state index contributed by atoms with van der Waals surface area (Å²) in [5.41, 5.74) is 3.50. The summed E-state index contributed by atoms with van der Waals surface area (Å²) in [6.45, 7) is 1.91. The molecule has 2 aromatic rings. The van der Waals surface area contributed by atoms with E-state index in [-0.39, 0.29) is 6.04 Å². The highest BCUT2D eigenvalue weighted by atomic mass is 32.1. The fourth-order valence-electron chi connectivity index (χ4n) is 2.10. The standard InChI is InChI=1S/C14H16F3N3S/c1-9-19-13(8-21-9)7-12(20-18)6-10-3-2-4-11(5-10)14(15,16)17/h2-5,8,12,20H,6-7,18H2,1H3. The van der Waals surface area contributed by atoms with E-state index >= 15 is 0 Å². The largest absolute Gasteiger partial charge is 0.416 e. The van der Waals surface area contributed by atoms with Crippen LogP contribution in [0.15, 0.2) is 29.6 Å². The van der Waals surface area contributed by atoms with E-state index < -0.39 is 11.7 Å². The second-order valence-corrected chi connectivity index (χ2v) is 5.89. The summed E-state index contributed by atoms with van der Waals surface area (Å²) < 4.78 is 38.1. The van der Waals surface area contributed by atoms with Crippen LogP contribution in [0.3, 0.4) is 0 Å². The van der Waals surface area contributed by atoms with Crippen molar-refractivity contribution in [2.24, 2.45) is 5.84 Å². The predicted octanol–water partition coefficient (Wildman–Crippen LogP) is 3.09. The Bertz CT molecular complexity index is 595. The first kappa shape index (κ1) is 15.9. The van der Waals surface area contributed by atoms with Crippen LogP contribution >= 0.6 is 11.3 Å². The Morgan fingerprint density at radius 1 is 1.33 bits per heavy atom. The van der Waals surface area contributed by atoms with E-state index in [2.05, 4.69) is 10.4 Å². The maximum atomic E-state index is 12.7. The molecule has 0 saturated heterocycles. The fraction of sp³-hybridized carbons (Fsp3) is 0.357. The summed E-state index contributed by atoms with van der Waals surface area (Å²) in [4.78, 5) is 4.34. The first-order valence-corrected chi connectivity index (χ1v) is 7.29. The lowest BCUT2D eigenvalue weighted by Crippen LogP contribution is -2.38. The van der Waals surface area contributed by atoms with E-state index in [1.807, 2.05) is 12.3 Å². The Morgan fingerprint density at radius 2 is 2.10 bits per heavy atom. The average molecular weight is 315 g/mol. The smallest absolute Gasteiger partial charge is 0.271 e. The molecule has 0 aliphatic carbocycles. The number of nitrogens with one attached hydrogen (secondary N) is 1. The van der Waals surface area contributed by atoms with Crippen molar-refractivity contribution < 1.29 is 13.2 Å². The first-order chi connectivity index (χ1) is 9.88. The molecule has 1 aromatic carbocycles. The molecule has 0 amide bonds. The second kappa shape index (κ2) is 6.55. The quantitative estimate of drug-likeness (QED) is 0.658. The molecule has 1 atom stereocenters.